The summed E-state index contributed by atoms with van der Waals surface area (Å²) >= 11 is 0. The van der Waals surface area contributed by atoms with Crippen molar-refractivity contribution in [3.8, 4) is 0 Å². The molecule has 2 nitrogen and oxygen atoms in total. The van der Waals surface area contributed by atoms with Crippen molar-refractivity contribution < 1.29 is 0 Å². The van der Waals surface area contributed by atoms with Gasteiger partial charge in [0.25, 0.3) is 0 Å². The Kier molecular flexibility index (Phi) is 1.98. The van der Waals surface area contributed by atoms with Gasteiger partial charge >= 0.3 is 0 Å². The highest BCUT2D eigenvalue weighted by Crippen LogP contribution is 2.39. The molecule has 1 aromatic heterocycles. The minimum Gasteiger partial charge on any atom is -0.369 e. The second-order valence-corrected chi connectivity index (χ2v) is 3.74. The van der Waals surface area contributed by atoms with Crippen molar-refractivity contribution in [1.82, 2.24) is 4.98 Å². The summed E-state index contributed by atoms with van der Waals surface area (Å²) in [4.78, 5) is 4.34. The van der Waals surface area contributed by atoms with Gasteiger partial charge in [0.15, 0.2) is 0 Å². The number of rotatable bonds is 2. The van der Waals surface area contributed by atoms with Gasteiger partial charge in [-0.1, -0.05) is 19.9 Å². The van der Waals surface area contributed by atoms with Crippen molar-refractivity contribution in [2.75, 3.05) is 11.9 Å². The van der Waals surface area contributed by atoms with Crippen LogP contribution in [0.25, 0.3) is 0 Å². The summed E-state index contributed by atoms with van der Waals surface area (Å²) in [5.41, 5.74) is 1.74. The molecule has 0 amide bonds. The third-order valence-corrected chi connectivity index (χ3v) is 3.33. The normalized spacial score (nSPS) is 18.0. The molecule has 0 bridgehead atoms. The number of hydrogen-bond acceptors (Lipinski definition) is 2. The number of nitrogens with one attached hydrogen (secondary N) is 1. The Balaban J connectivity index is 2.47. The number of hydrogen-bond donors (Lipinski definition) is 1. The molecule has 1 aromatic rings. The average molecular weight is 176 g/mol. The fraction of sp³-hybridized carbons (Fsp3) is 0.545. The van der Waals surface area contributed by atoms with Crippen molar-refractivity contribution >= 4 is 5.82 Å². The molecule has 1 aliphatic rings. The van der Waals surface area contributed by atoms with Crippen LogP contribution in [0.2, 0.25) is 0 Å². The molecular formula is C11H16N2. The molecule has 0 aliphatic carbocycles. The van der Waals surface area contributed by atoms with Crippen molar-refractivity contribution in [1.29, 1.82) is 0 Å². The van der Waals surface area contributed by atoms with Crippen LogP contribution in [0.5, 0.6) is 0 Å². The Labute approximate surface area is 79.4 Å². The molecule has 1 aliphatic heterocycles. The van der Waals surface area contributed by atoms with E-state index in [-0.39, 0.29) is 0 Å². The van der Waals surface area contributed by atoms with E-state index in [1.165, 1.54) is 18.4 Å². The molecule has 0 atom stereocenters. The van der Waals surface area contributed by atoms with Crippen LogP contribution in [0.4, 0.5) is 5.82 Å². The molecule has 0 fully saturated rings. The summed E-state index contributed by atoms with van der Waals surface area (Å²) in [6.07, 6.45) is 4.23. The minimum absolute atomic E-state index is 0.337. The SMILES string of the molecule is CCC1(CC)CNc2ncccc21. The van der Waals surface area contributed by atoms with Crippen LogP contribution in [0.1, 0.15) is 32.3 Å². The predicted molar refractivity (Wildman–Crippen MR) is 55.0 cm³/mol. The van der Waals surface area contributed by atoms with Crippen LogP contribution in [0, 0.1) is 0 Å². The van der Waals surface area contributed by atoms with E-state index in [0.717, 1.165) is 12.4 Å². The Morgan fingerprint density at radius 1 is 1.46 bits per heavy atom. The molecule has 2 rings (SSSR count). The zero-order chi connectivity index (χ0) is 9.31. The molecular weight excluding hydrogens is 160 g/mol. The molecule has 13 heavy (non-hydrogen) atoms. The fourth-order valence-electron chi connectivity index (χ4n) is 2.20. The van der Waals surface area contributed by atoms with Crippen molar-refractivity contribution in [2.45, 2.75) is 32.1 Å². The highest BCUT2D eigenvalue weighted by Gasteiger charge is 2.35. The fourth-order valence-corrected chi connectivity index (χ4v) is 2.20. The summed E-state index contributed by atoms with van der Waals surface area (Å²) in [7, 11) is 0. The number of anilines is 1. The zero-order valence-electron chi connectivity index (χ0n) is 8.30. The van der Waals surface area contributed by atoms with Gasteiger partial charge in [0.2, 0.25) is 0 Å². The first-order valence-corrected chi connectivity index (χ1v) is 5.02. The number of fused-ring (bicyclic) bond motifs is 1. The van der Waals surface area contributed by atoms with Crippen LogP contribution in [-0.2, 0) is 5.41 Å². The lowest BCUT2D eigenvalue weighted by molar-refractivity contribution is 0.437. The van der Waals surface area contributed by atoms with Crippen molar-refractivity contribution in [3.63, 3.8) is 0 Å². The van der Waals surface area contributed by atoms with Crippen LogP contribution in [0.15, 0.2) is 18.3 Å². The highest BCUT2D eigenvalue weighted by atomic mass is 15.0. The topological polar surface area (TPSA) is 24.9 Å². The standard InChI is InChI=1S/C11H16N2/c1-3-11(4-2)8-13-10-9(11)6-5-7-12-10/h5-7H,3-4,8H2,1-2H3,(H,12,13). The quantitative estimate of drug-likeness (QED) is 0.749. The molecule has 0 saturated carbocycles. The van der Waals surface area contributed by atoms with Crippen molar-refractivity contribution in [3.05, 3.63) is 23.9 Å². The molecule has 2 heteroatoms. The molecule has 0 saturated heterocycles. The van der Waals surface area contributed by atoms with Crippen LogP contribution in [0.3, 0.4) is 0 Å². The maximum absolute atomic E-state index is 4.34. The summed E-state index contributed by atoms with van der Waals surface area (Å²) in [6.45, 7) is 5.56. The van der Waals surface area contributed by atoms with E-state index in [4.69, 9.17) is 0 Å². The van der Waals surface area contributed by atoms with E-state index < -0.39 is 0 Å². The molecule has 0 radical (unpaired) electrons. The number of aromatic nitrogens is 1. The van der Waals surface area contributed by atoms with E-state index in [2.05, 4.69) is 30.2 Å². The van der Waals surface area contributed by atoms with Crippen LogP contribution < -0.4 is 5.32 Å². The van der Waals surface area contributed by atoms with E-state index >= 15 is 0 Å². The molecule has 0 unspecified atom stereocenters. The van der Waals surface area contributed by atoms with Gasteiger partial charge in [0.1, 0.15) is 5.82 Å². The average Bonchev–Trinajstić information content (AvgIpc) is 2.58. The van der Waals surface area contributed by atoms with Gasteiger partial charge in [-0.3, -0.25) is 0 Å². The number of pyridine rings is 1. The Hall–Kier alpha value is -1.05. The van der Waals surface area contributed by atoms with Gasteiger partial charge in [-0.05, 0) is 18.9 Å². The van der Waals surface area contributed by atoms with Crippen LogP contribution in [-0.4, -0.2) is 11.5 Å². The van der Waals surface area contributed by atoms with Gasteiger partial charge < -0.3 is 5.32 Å². The summed E-state index contributed by atoms with van der Waals surface area (Å²) in [5, 5.41) is 3.38. The van der Waals surface area contributed by atoms with Crippen molar-refractivity contribution in [2.24, 2.45) is 0 Å². The minimum atomic E-state index is 0.337. The van der Waals surface area contributed by atoms with Gasteiger partial charge in [-0.15, -0.1) is 0 Å². The van der Waals surface area contributed by atoms with E-state index in [1.807, 2.05) is 12.3 Å². The lowest BCUT2D eigenvalue weighted by Gasteiger charge is -2.25. The Morgan fingerprint density at radius 2 is 2.23 bits per heavy atom. The second-order valence-electron chi connectivity index (χ2n) is 3.74. The Bertz CT molecular complexity index is 303. The molecule has 2 heterocycles. The first-order valence-electron chi connectivity index (χ1n) is 5.02. The molecule has 70 valence electrons. The largest absolute Gasteiger partial charge is 0.369 e. The summed E-state index contributed by atoms with van der Waals surface area (Å²) in [6, 6.07) is 4.24. The van der Waals surface area contributed by atoms with Gasteiger partial charge in [0.05, 0.1) is 0 Å². The third kappa shape index (κ3) is 1.12. The monoisotopic (exact) mass is 176 g/mol. The maximum Gasteiger partial charge on any atom is 0.129 e. The summed E-state index contributed by atoms with van der Waals surface area (Å²) < 4.78 is 0. The maximum atomic E-state index is 4.34. The second kappa shape index (κ2) is 3.02. The van der Waals surface area contributed by atoms with E-state index in [0.29, 0.717) is 5.41 Å². The van der Waals surface area contributed by atoms with Gasteiger partial charge in [-0.2, -0.15) is 0 Å². The third-order valence-electron chi connectivity index (χ3n) is 3.33. The first kappa shape index (κ1) is 8.54. The molecule has 0 spiro atoms. The van der Waals surface area contributed by atoms with Gasteiger partial charge in [-0.25, -0.2) is 4.98 Å². The number of nitrogens with zero attached hydrogens (tertiary/aromatic N) is 1. The molecule has 0 aromatic carbocycles. The highest BCUT2D eigenvalue weighted by molar-refractivity contribution is 5.54. The van der Waals surface area contributed by atoms with E-state index in [9.17, 15) is 0 Å². The zero-order valence-corrected chi connectivity index (χ0v) is 8.30. The Morgan fingerprint density at radius 3 is 2.92 bits per heavy atom. The summed E-state index contributed by atoms with van der Waals surface area (Å²) in [5.74, 6) is 1.09. The lowest BCUT2D eigenvalue weighted by atomic mass is 9.78. The van der Waals surface area contributed by atoms with Crippen LogP contribution >= 0.6 is 0 Å². The first-order chi connectivity index (χ1) is 6.32. The van der Waals surface area contributed by atoms with E-state index in [1.54, 1.807) is 0 Å². The predicted octanol–water partition coefficient (Wildman–Crippen LogP) is 2.56. The smallest absolute Gasteiger partial charge is 0.129 e. The molecule has 1 N–H and O–H groups in total. The lowest BCUT2D eigenvalue weighted by Crippen LogP contribution is -2.26. The van der Waals surface area contributed by atoms with Gasteiger partial charge in [0, 0.05) is 23.7 Å².